The van der Waals surface area contributed by atoms with E-state index in [4.69, 9.17) is 28.9 Å². The first-order valence-electron chi connectivity index (χ1n) is 4.21. The summed E-state index contributed by atoms with van der Waals surface area (Å²) in [4.78, 5) is 0. The predicted octanol–water partition coefficient (Wildman–Crippen LogP) is 3.44. The Morgan fingerprint density at radius 3 is 1.25 bits per heavy atom. The van der Waals surface area contributed by atoms with E-state index in [-0.39, 0.29) is 10.9 Å². The zero-order valence-corrected chi connectivity index (χ0v) is 10.2. The molecular weight excluding hydrogens is 193 g/mol. The molecule has 3 heteroatoms. The summed E-state index contributed by atoms with van der Waals surface area (Å²) in [5.41, 5.74) is 6.00. The number of rotatable bonds is 2. The van der Waals surface area contributed by atoms with E-state index < -0.39 is 0 Å². The fraction of sp³-hybridized carbons (Fsp3) is 1.00. The quantitative estimate of drug-likeness (QED) is 0.700. The van der Waals surface area contributed by atoms with Gasteiger partial charge in [0.2, 0.25) is 0 Å². The summed E-state index contributed by atoms with van der Waals surface area (Å²) in [5.74, 6) is 1.13. The minimum absolute atomic E-state index is 0.000000000000000222. The van der Waals surface area contributed by atoms with Crippen LogP contribution >= 0.6 is 23.2 Å². The van der Waals surface area contributed by atoms with Gasteiger partial charge in [-0.15, -0.1) is 23.2 Å². The van der Waals surface area contributed by atoms with Gasteiger partial charge in [0.15, 0.2) is 0 Å². The van der Waals surface area contributed by atoms with Crippen molar-refractivity contribution in [2.24, 2.45) is 17.6 Å². The minimum atomic E-state index is 0.000000000000000222. The second-order valence-corrected chi connectivity index (χ2v) is 4.58. The Morgan fingerprint density at radius 1 is 1.08 bits per heavy atom. The molecule has 0 aliphatic carbocycles. The van der Waals surface area contributed by atoms with Crippen LogP contribution in [0.5, 0.6) is 0 Å². The van der Waals surface area contributed by atoms with Crippen LogP contribution in [0.4, 0.5) is 0 Å². The van der Waals surface area contributed by atoms with Crippen LogP contribution < -0.4 is 5.73 Å². The molecule has 12 heavy (non-hydrogen) atoms. The van der Waals surface area contributed by atoms with Crippen molar-refractivity contribution in [1.82, 2.24) is 0 Å². The molecule has 0 aromatic carbocycles. The van der Waals surface area contributed by atoms with Crippen molar-refractivity contribution < 1.29 is 0 Å². The van der Waals surface area contributed by atoms with Crippen LogP contribution in [0.25, 0.3) is 0 Å². The van der Waals surface area contributed by atoms with E-state index in [2.05, 4.69) is 34.6 Å². The Hall–Kier alpha value is 0.540. The van der Waals surface area contributed by atoms with Gasteiger partial charge in [0.05, 0.1) is 5.34 Å². The molecule has 0 aliphatic rings. The van der Waals surface area contributed by atoms with E-state index in [1.165, 1.54) is 0 Å². The molecule has 0 aromatic heterocycles. The molecule has 2 N–H and O–H groups in total. The third-order valence-electron chi connectivity index (χ3n) is 2.49. The highest BCUT2D eigenvalue weighted by Gasteiger charge is 2.26. The van der Waals surface area contributed by atoms with E-state index in [9.17, 15) is 0 Å². The molecule has 0 radical (unpaired) electrons. The lowest BCUT2D eigenvalue weighted by Gasteiger charge is -2.33. The normalized spacial score (nSPS) is 11.5. The Balaban J connectivity index is 0. The zero-order valence-electron chi connectivity index (χ0n) is 8.70. The van der Waals surface area contributed by atoms with Gasteiger partial charge in [0.25, 0.3) is 0 Å². The first kappa shape index (κ1) is 15.0. The van der Waals surface area contributed by atoms with E-state index in [0.29, 0.717) is 11.8 Å². The predicted molar refractivity (Wildman–Crippen MR) is 58.8 cm³/mol. The molecular formula is C9H21Cl2N. The summed E-state index contributed by atoms with van der Waals surface area (Å²) in [6.07, 6.45) is 0. The monoisotopic (exact) mass is 213 g/mol. The molecule has 76 valence electrons. The Labute approximate surface area is 86.6 Å². The van der Waals surface area contributed by atoms with Crippen molar-refractivity contribution in [2.75, 3.05) is 5.34 Å². The molecule has 0 amide bonds. The highest BCUT2D eigenvalue weighted by atomic mass is 35.5. The van der Waals surface area contributed by atoms with E-state index in [1.807, 2.05) is 0 Å². The number of alkyl halides is 2. The van der Waals surface area contributed by atoms with E-state index in [1.54, 1.807) is 0 Å². The SMILES string of the molecule is CC(C)C(C)(N)C(C)C.ClCCl. The summed E-state index contributed by atoms with van der Waals surface area (Å²) < 4.78 is 0. The molecule has 0 spiro atoms. The largest absolute Gasteiger partial charge is 0.325 e. The van der Waals surface area contributed by atoms with Crippen LogP contribution in [-0.4, -0.2) is 10.9 Å². The van der Waals surface area contributed by atoms with Gasteiger partial charge in [0.1, 0.15) is 0 Å². The van der Waals surface area contributed by atoms with Crippen molar-refractivity contribution in [3.63, 3.8) is 0 Å². The second-order valence-electron chi connectivity index (χ2n) is 3.78. The van der Waals surface area contributed by atoms with Gasteiger partial charge >= 0.3 is 0 Å². The number of hydrogen-bond donors (Lipinski definition) is 1. The summed E-state index contributed by atoms with van der Waals surface area (Å²) in [7, 11) is 0. The van der Waals surface area contributed by atoms with Crippen molar-refractivity contribution in [3.05, 3.63) is 0 Å². The second kappa shape index (κ2) is 6.99. The molecule has 0 aromatic rings. The fourth-order valence-electron chi connectivity index (χ4n) is 0.667. The molecule has 0 saturated heterocycles. The van der Waals surface area contributed by atoms with E-state index in [0.717, 1.165) is 0 Å². The van der Waals surface area contributed by atoms with Gasteiger partial charge in [0, 0.05) is 5.54 Å². The fourth-order valence-corrected chi connectivity index (χ4v) is 0.667. The zero-order chi connectivity index (χ0) is 10.4. The average Bonchev–Trinajstić information content (AvgIpc) is 1.88. The topological polar surface area (TPSA) is 26.0 Å². The smallest absolute Gasteiger partial charge is 0.0967 e. The van der Waals surface area contributed by atoms with Gasteiger partial charge in [-0.05, 0) is 18.8 Å². The molecule has 0 unspecified atom stereocenters. The average molecular weight is 214 g/mol. The maximum absolute atomic E-state index is 6.00. The highest BCUT2D eigenvalue weighted by molar-refractivity contribution is 6.40. The molecule has 0 atom stereocenters. The molecule has 1 nitrogen and oxygen atoms in total. The van der Waals surface area contributed by atoms with Gasteiger partial charge in [-0.3, -0.25) is 0 Å². The van der Waals surface area contributed by atoms with Gasteiger partial charge in [-0.2, -0.15) is 0 Å². The molecule has 0 saturated carbocycles. The summed E-state index contributed by atoms with van der Waals surface area (Å²) >= 11 is 9.53. The Morgan fingerprint density at radius 2 is 1.25 bits per heavy atom. The van der Waals surface area contributed by atoms with Crippen molar-refractivity contribution in [2.45, 2.75) is 40.2 Å². The van der Waals surface area contributed by atoms with Crippen LogP contribution in [-0.2, 0) is 0 Å². The van der Waals surface area contributed by atoms with E-state index >= 15 is 0 Å². The highest BCUT2D eigenvalue weighted by Crippen LogP contribution is 2.21. The van der Waals surface area contributed by atoms with Crippen LogP contribution in [0, 0.1) is 11.8 Å². The Bertz CT molecular complexity index is 90.7. The lowest BCUT2D eigenvalue weighted by atomic mass is 9.80. The van der Waals surface area contributed by atoms with Crippen LogP contribution in [0.2, 0.25) is 0 Å². The lowest BCUT2D eigenvalue weighted by Crippen LogP contribution is -2.46. The molecule has 0 heterocycles. The number of nitrogens with two attached hydrogens (primary N) is 1. The van der Waals surface area contributed by atoms with Gasteiger partial charge in [-0.1, -0.05) is 27.7 Å². The molecule has 0 aliphatic heterocycles. The standard InChI is InChI=1S/C8H19N.CH2Cl2/c1-6(2)8(5,9)7(3)4;2-1-3/h6-7H,9H2,1-5H3;1H2. The number of halogens is 2. The number of hydrogen-bond acceptors (Lipinski definition) is 1. The van der Waals surface area contributed by atoms with Crippen molar-refractivity contribution in [1.29, 1.82) is 0 Å². The van der Waals surface area contributed by atoms with Crippen molar-refractivity contribution >= 4 is 23.2 Å². The Kier molecular flexibility index (Phi) is 8.76. The molecule has 0 bridgehead atoms. The minimum Gasteiger partial charge on any atom is -0.325 e. The summed E-state index contributed by atoms with van der Waals surface area (Å²) in [5, 5.41) is 0.194. The lowest BCUT2D eigenvalue weighted by molar-refractivity contribution is 0.250. The summed E-state index contributed by atoms with van der Waals surface area (Å²) in [6.45, 7) is 10.8. The third-order valence-corrected chi connectivity index (χ3v) is 2.49. The van der Waals surface area contributed by atoms with Gasteiger partial charge in [-0.25, -0.2) is 0 Å². The molecule has 0 fully saturated rings. The van der Waals surface area contributed by atoms with Crippen LogP contribution in [0.1, 0.15) is 34.6 Å². The first-order chi connectivity index (χ1) is 5.30. The molecule has 0 rings (SSSR count). The van der Waals surface area contributed by atoms with Crippen LogP contribution in [0.3, 0.4) is 0 Å². The summed E-state index contributed by atoms with van der Waals surface area (Å²) in [6, 6.07) is 0. The third kappa shape index (κ3) is 6.10. The first-order valence-corrected chi connectivity index (χ1v) is 5.28. The van der Waals surface area contributed by atoms with Gasteiger partial charge < -0.3 is 5.73 Å². The van der Waals surface area contributed by atoms with Crippen molar-refractivity contribution in [3.8, 4) is 0 Å². The maximum atomic E-state index is 6.00. The maximum Gasteiger partial charge on any atom is 0.0967 e. The van der Waals surface area contributed by atoms with Crippen LogP contribution in [0.15, 0.2) is 0 Å².